The fourth-order valence-electron chi connectivity index (χ4n) is 7.02. The third kappa shape index (κ3) is 9.65. The molecule has 2 heterocycles. The van der Waals surface area contributed by atoms with Crippen LogP contribution < -0.4 is 26.6 Å². The summed E-state index contributed by atoms with van der Waals surface area (Å²) in [7, 11) is 1.53. The van der Waals surface area contributed by atoms with Crippen LogP contribution >= 0.6 is 0 Å². The molecule has 49 heavy (non-hydrogen) atoms. The number of Topliss-reactive ketones (excluding diaryl/α,β-unsaturated/α-hetero) is 1. The monoisotopic (exact) mass is 689 g/mol. The first-order chi connectivity index (χ1) is 23.4. The van der Waals surface area contributed by atoms with Crippen molar-refractivity contribution in [3.63, 3.8) is 0 Å². The lowest BCUT2D eigenvalue weighted by atomic mass is 9.92. The van der Waals surface area contributed by atoms with E-state index in [-0.39, 0.29) is 61.3 Å². The molecular formula is C34H55N7O8. The lowest BCUT2D eigenvalue weighted by molar-refractivity contribution is -0.145. The Kier molecular flexibility index (Phi) is 13.7. The number of ether oxygens (including phenoxy) is 2. The quantitative estimate of drug-likeness (QED) is 0.0837. The Morgan fingerprint density at radius 1 is 1.04 bits per heavy atom. The number of nitrogens with one attached hydrogen (secondary N) is 5. The van der Waals surface area contributed by atoms with E-state index in [9.17, 15) is 29.1 Å². The van der Waals surface area contributed by atoms with E-state index >= 15 is 0 Å². The lowest BCUT2D eigenvalue weighted by Crippen LogP contribution is -2.62. The molecule has 3 fully saturated rings. The van der Waals surface area contributed by atoms with Crippen molar-refractivity contribution in [2.24, 2.45) is 28.7 Å². The van der Waals surface area contributed by atoms with Gasteiger partial charge in [-0.25, -0.2) is 0 Å². The van der Waals surface area contributed by atoms with Gasteiger partial charge in [0.25, 0.3) is 11.8 Å². The molecule has 2 saturated carbocycles. The summed E-state index contributed by atoms with van der Waals surface area (Å²) in [4.78, 5) is 73.0. The van der Waals surface area contributed by atoms with E-state index in [4.69, 9.17) is 9.47 Å². The van der Waals surface area contributed by atoms with Gasteiger partial charge in [-0.15, -0.1) is 0 Å². The highest BCUT2D eigenvalue weighted by atomic mass is 16.7. The summed E-state index contributed by atoms with van der Waals surface area (Å²) in [5.41, 5.74) is 0.174. The molecule has 1 saturated heterocycles. The number of ketones is 1. The van der Waals surface area contributed by atoms with Gasteiger partial charge >= 0.3 is 0 Å². The number of aliphatic imine (C=N–C) groups is 1. The van der Waals surface area contributed by atoms with Crippen molar-refractivity contribution in [1.29, 1.82) is 0 Å². The van der Waals surface area contributed by atoms with Gasteiger partial charge in [0.1, 0.15) is 24.8 Å². The van der Waals surface area contributed by atoms with Gasteiger partial charge in [0.05, 0.1) is 24.2 Å². The number of carbonyl (C=O) groups is 5. The van der Waals surface area contributed by atoms with Gasteiger partial charge in [-0.1, -0.05) is 41.0 Å². The summed E-state index contributed by atoms with van der Waals surface area (Å²) in [5.74, 6) is -3.70. The number of hydrogen-bond acceptors (Lipinski definition) is 11. The van der Waals surface area contributed by atoms with Crippen LogP contribution in [0.5, 0.6) is 0 Å². The summed E-state index contributed by atoms with van der Waals surface area (Å²) in [6.07, 6.45) is 5.32. The van der Waals surface area contributed by atoms with Crippen LogP contribution in [0.15, 0.2) is 16.9 Å². The largest absolute Gasteiger partial charge is 0.384 e. The topological polar surface area (TPSA) is 200 Å². The van der Waals surface area contributed by atoms with Crippen molar-refractivity contribution >= 4 is 35.6 Å². The van der Waals surface area contributed by atoms with Crippen LogP contribution in [0.1, 0.15) is 73.1 Å². The van der Waals surface area contributed by atoms with Gasteiger partial charge in [-0.3, -0.25) is 34.3 Å². The zero-order chi connectivity index (χ0) is 35.8. The molecule has 4 rings (SSSR count). The number of rotatable bonds is 18. The maximum Gasteiger partial charge on any atom is 0.289 e. The van der Waals surface area contributed by atoms with Crippen LogP contribution in [0.3, 0.4) is 0 Å². The normalized spacial score (nSPS) is 25.6. The van der Waals surface area contributed by atoms with Gasteiger partial charge < -0.3 is 40.7 Å². The number of hydrogen-bond donors (Lipinski definition) is 6. The Balaban J connectivity index is 1.55. The maximum absolute atomic E-state index is 14.5. The van der Waals surface area contributed by atoms with E-state index in [2.05, 4.69) is 31.6 Å². The molecule has 5 unspecified atom stereocenters. The molecule has 8 atom stereocenters. The highest BCUT2D eigenvalue weighted by Crippen LogP contribution is 2.44. The first-order valence-electron chi connectivity index (χ1n) is 17.6. The Hall–Kier alpha value is -3.40. The second kappa shape index (κ2) is 17.5. The Labute approximate surface area is 288 Å². The maximum atomic E-state index is 14.5. The molecule has 6 N–H and O–H groups in total. The first kappa shape index (κ1) is 38.4. The Bertz CT molecular complexity index is 1270. The average Bonchev–Trinajstić information content (AvgIpc) is 3.68. The first-order valence-corrected chi connectivity index (χ1v) is 17.6. The molecule has 2 aliphatic heterocycles. The number of nitrogens with zero attached hydrogens (tertiary/aromatic N) is 2. The predicted molar refractivity (Wildman–Crippen MR) is 181 cm³/mol. The molecule has 0 aromatic heterocycles. The zero-order valence-electron chi connectivity index (χ0n) is 29.6. The molecule has 0 aromatic rings. The minimum absolute atomic E-state index is 0.00468. The highest BCUT2D eigenvalue weighted by molar-refractivity contribution is 6.38. The Morgan fingerprint density at radius 2 is 1.78 bits per heavy atom. The SMILES string of the molecule is CCCC(NC(=O)C1[C@H]2CCC(OCOC)[C@H]2CN1C(=O)[C@@H](NC(O)C(NC(=O)C1=CNCC=N1)C(C)C)C(C)C)C(=O)C(=O)NC1CC1. The van der Waals surface area contributed by atoms with Crippen LogP contribution in [-0.4, -0.2) is 115 Å². The van der Waals surface area contributed by atoms with E-state index < -0.39 is 59.8 Å². The van der Waals surface area contributed by atoms with Crippen LogP contribution in [0.2, 0.25) is 0 Å². The van der Waals surface area contributed by atoms with Crippen LogP contribution in [0.25, 0.3) is 0 Å². The molecular weight excluding hydrogens is 634 g/mol. The third-order valence-electron chi connectivity index (χ3n) is 9.81. The smallest absolute Gasteiger partial charge is 0.289 e. The molecule has 15 heteroatoms. The summed E-state index contributed by atoms with van der Waals surface area (Å²) in [6.45, 7) is 10.1. The standard InChI is InChI=1S/C34H55N7O8/c1-7-8-23(29(42)33(46)37-20-9-10-20)38-32(45)28-21-11-12-25(49-17-48-6)22(21)16-41(28)34(47)27(19(4)5)40-31(44)26(18(2)3)39-30(43)24-15-35-13-14-36-24/h14-15,18-23,25-28,31,35,40,44H,7-13,16-17H2,1-6H3,(H,37,46)(H,38,45)(H,39,43)/t21-,22-,23?,25?,26?,27-,28?,31?/m0/s1. The predicted octanol–water partition coefficient (Wildman–Crippen LogP) is -0.0661. The minimum atomic E-state index is -1.31. The molecule has 4 amide bonds. The average molecular weight is 690 g/mol. The second-order valence-electron chi connectivity index (χ2n) is 14.2. The van der Waals surface area contributed by atoms with Crippen LogP contribution in [0.4, 0.5) is 0 Å². The Morgan fingerprint density at radius 3 is 2.37 bits per heavy atom. The van der Waals surface area contributed by atoms with Crippen LogP contribution in [-0.2, 0) is 33.4 Å². The van der Waals surface area contributed by atoms with Crippen molar-refractivity contribution in [2.75, 3.05) is 27.0 Å². The number of aliphatic hydroxyl groups is 1. The van der Waals surface area contributed by atoms with Gasteiger partial charge in [-0.2, -0.15) is 0 Å². The zero-order valence-corrected chi connectivity index (χ0v) is 29.6. The molecule has 4 aliphatic rings. The van der Waals surface area contributed by atoms with Crippen molar-refractivity contribution in [3.05, 3.63) is 11.9 Å². The molecule has 0 bridgehead atoms. The summed E-state index contributed by atoms with van der Waals surface area (Å²) in [6, 6.07) is -3.64. The van der Waals surface area contributed by atoms with Crippen LogP contribution in [0, 0.1) is 23.7 Å². The number of aliphatic hydroxyl groups excluding tert-OH is 1. The second-order valence-corrected chi connectivity index (χ2v) is 14.2. The number of carbonyl (C=O) groups excluding carboxylic acids is 5. The molecule has 0 aromatic carbocycles. The summed E-state index contributed by atoms with van der Waals surface area (Å²) < 4.78 is 11.1. The highest BCUT2D eigenvalue weighted by Gasteiger charge is 2.55. The van der Waals surface area contributed by atoms with Crippen molar-refractivity contribution in [3.8, 4) is 0 Å². The fraction of sp³-hybridized carbons (Fsp3) is 0.765. The van der Waals surface area contributed by atoms with Gasteiger partial charge in [-0.05, 0) is 49.9 Å². The van der Waals surface area contributed by atoms with Gasteiger partial charge in [0.15, 0.2) is 0 Å². The van der Waals surface area contributed by atoms with Crippen molar-refractivity contribution in [1.82, 2.24) is 31.5 Å². The van der Waals surface area contributed by atoms with E-state index in [1.54, 1.807) is 6.21 Å². The van der Waals surface area contributed by atoms with E-state index in [1.165, 1.54) is 18.2 Å². The lowest BCUT2D eigenvalue weighted by Gasteiger charge is -2.36. The molecule has 274 valence electrons. The molecule has 0 spiro atoms. The fourth-order valence-corrected chi connectivity index (χ4v) is 7.02. The number of likely N-dealkylation sites (tertiary alicyclic amines) is 1. The van der Waals surface area contributed by atoms with E-state index in [0.29, 0.717) is 25.8 Å². The third-order valence-corrected chi connectivity index (χ3v) is 9.81. The number of methoxy groups -OCH3 is 1. The minimum Gasteiger partial charge on any atom is -0.384 e. The molecule has 2 aliphatic carbocycles. The summed E-state index contributed by atoms with van der Waals surface area (Å²) in [5, 5.41) is 25.8. The van der Waals surface area contributed by atoms with E-state index in [0.717, 1.165) is 12.8 Å². The van der Waals surface area contributed by atoms with Gasteiger partial charge in [0, 0.05) is 44.6 Å². The van der Waals surface area contributed by atoms with E-state index in [1.807, 2.05) is 34.6 Å². The van der Waals surface area contributed by atoms with Crippen molar-refractivity contribution in [2.45, 2.75) is 116 Å². The molecule has 0 radical (unpaired) electrons. The number of fused-ring (bicyclic) bond motifs is 1. The van der Waals surface area contributed by atoms with Gasteiger partial charge in [0.2, 0.25) is 17.6 Å². The number of amides is 4. The van der Waals surface area contributed by atoms with Crippen molar-refractivity contribution < 1.29 is 38.6 Å². The molecule has 15 nitrogen and oxygen atoms in total. The summed E-state index contributed by atoms with van der Waals surface area (Å²) >= 11 is 0.